The quantitative estimate of drug-likeness (QED) is 0.761. The predicted octanol–water partition coefficient (Wildman–Crippen LogP) is 1.10. The number of aliphatic carboxylic acids is 1. The maximum Gasteiger partial charge on any atom is 0.410 e. The van der Waals surface area contributed by atoms with Gasteiger partial charge in [-0.15, -0.1) is 0 Å². The molecule has 0 aliphatic carbocycles. The minimum absolute atomic E-state index is 0.166. The Hall–Kier alpha value is -1.30. The van der Waals surface area contributed by atoms with Crippen molar-refractivity contribution in [1.82, 2.24) is 4.90 Å². The molecule has 1 amide bonds. The highest BCUT2D eigenvalue weighted by atomic mass is 16.6. The molecule has 0 spiro atoms. The fourth-order valence-electron chi connectivity index (χ4n) is 2.52. The normalized spacial score (nSPS) is 31.3. The number of rotatable bonds is 1. The van der Waals surface area contributed by atoms with E-state index in [4.69, 9.17) is 14.6 Å². The van der Waals surface area contributed by atoms with E-state index < -0.39 is 29.7 Å². The maximum atomic E-state index is 12.0. The van der Waals surface area contributed by atoms with Crippen LogP contribution in [-0.4, -0.2) is 53.0 Å². The molecule has 2 rings (SSSR count). The number of carbonyl (C=O) groups is 2. The number of fused-ring (bicyclic) bond motifs is 1. The molecule has 1 N–H and O–H groups in total. The molecule has 2 aliphatic rings. The Morgan fingerprint density at radius 2 is 2.06 bits per heavy atom. The van der Waals surface area contributed by atoms with Crippen LogP contribution < -0.4 is 0 Å². The first-order valence-corrected chi connectivity index (χ1v) is 6.13. The zero-order valence-electron chi connectivity index (χ0n) is 10.9. The van der Waals surface area contributed by atoms with Crippen molar-refractivity contribution in [2.75, 3.05) is 13.2 Å². The molecule has 2 saturated heterocycles. The summed E-state index contributed by atoms with van der Waals surface area (Å²) in [7, 11) is 0. The Kier molecular flexibility index (Phi) is 3.23. The van der Waals surface area contributed by atoms with E-state index in [-0.39, 0.29) is 12.6 Å². The first-order chi connectivity index (χ1) is 8.29. The van der Waals surface area contributed by atoms with Crippen LogP contribution in [0.25, 0.3) is 0 Å². The number of carboxylic acids is 1. The van der Waals surface area contributed by atoms with Crippen molar-refractivity contribution < 1.29 is 24.2 Å². The van der Waals surface area contributed by atoms with Gasteiger partial charge < -0.3 is 19.5 Å². The molecule has 0 aromatic rings. The number of likely N-dealkylation sites (tertiary alicyclic amines) is 1. The van der Waals surface area contributed by atoms with E-state index in [0.29, 0.717) is 13.0 Å². The molecule has 0 bridgehead atoms. The summed E-state index contributed by atoms with van der Waals surface area (Å²) in [5.41, 5.74) is -0.576. The van der Waals surface area contributed by atoms with Gasteiger partial charge >= 0.3 is 12.1 Å². The van der Waals surface area contributed by atoms with Crippen LogP contribution in [0.2, 0.25) is 0 Å². The van der Waals surface area contributed by atoms with Gasteiger partial charge in [0.25, 0.3) is 0 Å². The molecule has 3 unspecified atom stereocenters. The molecule has 18 heavy (non-hydrogen) atoms. The van der Waals surface area contributed by atoms with Crippen LogP contribution >= 0.6 is 0 Å². The standard InChI is InChI=1S/C12H19NO5/c1-12(2,3)18-11(16)13-6-7(10(14)15)9-8(13)4-5-17-9/h7-9H,4-6H2,1-3H3,(H,14,15). The molecule has 2 fully saturated rings. The van der Waals surface area contributed by atoms with Gasteiger partial charge in [-0.25, -0.2) is 4.79 Å². The van der Waals surface area contributed by atoms with Gasteiger partial charge in [-0.1, -0.05) is 0 Å². The van der Waals surface area contributed by atoms with Crippen molar-refractivity contribution in [2.45, 2.75) is 44.9 Å². The van der Waals surface area contributed by atoms with Crippen molar-refractivity contribution >= 4 is 12.1 Å². The Morgan fingerprint density at radius 3 is 2.61 bits per heavy atom. The largest absolute Gasteiger partial charge is 0.481 e. The number of carboxylic acid groups (broad SMARTS) is 1. The molecule has 6 nitrogen and oxygen atoms in total. The topological polar surface area (TPSA) is 76.1 Å². The zero-order chi connectivity index (χ0) is 13.5. The SMILES string of the molecule is CC(C)(C)OC(=O)N1CC(C(=O)O)C2OCCC21. The van der Waals surface area contributed by atoms with E-state index in [1.165, 1.54) is 4.90 Å². The van der Waals surface area contributed by atoms with Gasteiger partial charge in [-0.05, 0) is 27.2 Å². The maximum absolute atomic E-state index is 12.0. The minimum Gasteiger partial charge on any atom is -0.481 e. The summed E-state index contributed by atoms with van der Waals surface area (Å²) in [6.45, 7) is 6.03. The highest BCUT2D eigenvalue weighted by Crippen LogP contribution is 2.34. The van der Waals surface area contributed by atoms with Gasteiger partial charge in [-0.2, -0.15) is 0 Å². The molecule has 2 heterocycles. The smallest absolute Gasteiger partial charge is 0.410 e. The molecule has 102 valence electrons. The van der Waals surface area contributed by atoms with Crippen LogP contribution in [0.5, 0.6) is 0 Å². The summed E-state index contributed by atoms with van der Waals surface area (Å²) in [5, 5.41) is 9.13. The van der Waals surface area contributed by atoms with E-state index in [1.54, 1.807) is 20.8 Å². The second-order valence-corrected chi connectivity index (χ2v) is 5.77. The number of carbonyl (C=O) groups excluding carboxylic acids is 1. The second kappa shape index (κ2) is 4.42. The highest BCUT2D eigenvalue weighted by Gasteiger charge is 2.51. The van der Waals surface area contributed by atoms with Crippen molar-refractivity contribution in [2.24, 2.45) is 5.92 Å². The van der Waals surface area contributed by atoms with Gasteiger partial charge in [0, 0.05) is 13.2 Å². The van der Waals surface area contributed by atoms with Crippen LogP contribution in [-0.2, 0) is 14.3 Å². The van der Waals surface area contributed by atoms with Crippen LogP contribution in [0.4, 0.5) is 4.79 Å². The van der Waals surface area contributed by atoms with Crippen molar-refractivity contribution in [3.63, 3.8) is 0 Å². The van der Waals surface area contributed by atoms with Crippen LogP contribution in [0.15, 0.2) is 0 Å². The fourth-order valence-corrected chi connectivity index (χ4v) is 2.52. The van der Waals surface area contributed by atoms with Crippen LogP contribution in [0, 0.1) is 5.92 Å². The number of amides is 1. The number of ether oxygens (including phenoxy) is 2. The van der Waals surface area contributed by atoms with E-state index in [2.05, 4.69) is 0 Å². The summed E-state index contributed by atoms with van der Waals surface area (Å²) >= 11 is 0. The second-order valence-electron chi connectivity index (χ2n) is 5.77. The molecular formula is C12H19NO5. The third-order valence-electron chi connectivity index (χ3n) is 3.24. The van der Waals surface area contributed by atoms with Crippen molar-refractivity contribution in [3.8, 4) is 0 Å². The van der Waals surface area contributed by atoms with Gasteiger partial charge in [0.05, 0.1) is 12.1 Å². The first-order valence-electron chi connectivity index (χ1n) is 6.13. The summed E-state index contributed by atoms with van der Waals surface area (Å²) in [6, 6.07) is -0.166. The lowest BCUT2D eigenvalue weighted by atomic mass is 10.0. The lowest BCUT2D eigenvalue weighted by Gasteiger charge is -2.27. The summed E-state index contributed by atoms with van der Waals surface area (Å²) in [6.07, 6.45) is -0.171. The lowest BCUT2D eigenvalue weighted by molar-refractivity contribution is -0.144. The minimum atomic E-state index is -0.919. The predicted molar refractivity (Wildman–Crippen MR) is 62.2 cm³/mol. The first kappa shape index (κ1) is 13.1. The highest BCUT2D eigenvalue weighted by molar-refractivity contribution is 5.75. The van der Waals surface area contributed by atoms with Gasteiger partial charge in [0.1, 0.15) is 11.5 Å². The van der Waals surface area contributed by atoms with Gasteiger partial charge in [-0.3, -0.25) is 4.79 Å². The number of hydrogen-bond donors (Lipinski definition) is 1. The zero-order valence-corrected chi connectivity index (χ0v) is 10.9. The molecule has 0 aromatic carbocycles. The third-order valence-corrected chi connectivity index (χ3v) is 3.24. The molecule has 0 radical (unpaired) electrons. The third kappa shape index (κ3) is 2.43. The van der Waals surface area contributed by atoms with Crippen LogP contribution in [0.3, 0.4) is 0 Å². The monoisotopic (exact) mass is 257 g/mol. The van der Waals surface area contributed by atoms with Crippen LogP contribution in [0.1, 0.15) is 27.2 Å². The molecular weight excluding hydrogens is 238 g/mol. The summed E-state index contributed by atoms with van der Waals surface area (Å²) in [4.78, 5) is 24.7. The Morgan fingerprint density at radius 1 is 1.39 bits per heavy atom. The van der Waals surface area contributed by atoms with E-state index in [1.807, 2.05) is 0 Å². The van der Waals surface area contributed by atoms with Gasteiger partial charge in [0.2, 0.25) is 0 Å². The molecule has 0 aromatic heterocycles. The summed E-state index contributed by atoms with van der Waals surface area (Å²) < 4.78 is 10.7. The summed E-state index contributed by atoms with van der Waals surface area (Å²) in [5.74, 6) is -1.57. The average Bonchev–Trinajstić information content (AvgIpc) is 2.72. The van der Waals surface area contributed by atoms with E-state index >= 15 is 0 Å². The molecule has 3 atom stereocenters. The fraction of sp³-hybridized carbons (Fsp3) is 0.833. The van der Waals surface area contributed by atoms with E-state index in [9.17, 15) is 9.59 Å². The average molecular weight is 257 g/mol. The molecule has 2 aliphatic heterocycles. The molecule has 0 saturated carbocycles. The Labute approximate surface area is 106 Å². The Balaban J connectivity index is 2.10. The van der Waals surface area contributed by atoms with Crippen molar-refractivity contribution in [3.05, 3.63) is 0 Å². The molecule has 6 heteroatoms. The van der Waals surface area contributed by atoms with Crippen molar-refractivity contribution in [1.29, 1.82) is 0 Å². The number of hydrogen-bond acceptors (Lipinski definition) is 4. The number of nitrogens with zero attached hydrogens (tertiary/aromatic N) is 1. The van der Waals surface area contributed by atoms with E-state index in [0.717, 1.165) is 0 Å². The van der Waals surface area contributed by atoms with Gasteiger partial charge in [0.15, 0.2) is 0 Å². The Bertz CT molecular complexity index is 362. The lowest BCUT2D eigenvalue weighted by Crippen LogP contribution is -2.41.